The van der Waals surface area contributed by atoms with Crippen molar-refractivity contribution in [3.8, 4) is 0 Å². The maximum atomic E-state index is 6.22. The van der Waals surface area contributed by atoms with Crippen molar-refractivity contribution in [3.63, 3.8) is 0 Å². The van der Waals surface area contributed by atoms with Gasteiger partial charge in [-0.05, 0) is 35.4 Å². The van der Waals surface area contributed by atoms with Crippen LogP contribution in [-0.4, -0.2) is 0 Å². The van der Waals surface area contributed by atoms with E-state index in [-0.39, 0.29) is 0 Å². The largest absolute Gasteiger partial charge is 0.326 e. The molecule has 0 aliphatic rings. The number of rotatable bonds is 4. The van der Waals surface area contributed by atoms with Crippen molar-refractivity contribution in [2.75, 3.05) is 0 Å². The Bertz CT molecular complexity index is 587. The lowest BCUT2D eigenvalue weighted by Crippen LogP contribution is -1.96. The van der Waals surface area contributed by atoms with E-state index in [0.29, 0.717) is 16.6 Å². The molecule has 0 bridgehead atoms. The van der Waals surface area contributed by atoms with E-state index in [4.69, 9.17) is 40.5 Å². The standard InChI is InChI=1S/C14H12Cl3NS/c15-11-3-4-12(16)14(6-11)19-8-10-2-1-9(7-18)5-13(10)17/h1-6H,7-8,18H2. The quantitative estimate of drug-likeness (QED) is 0.759. The van der Waals surface area contributed by atoms with Crippen LogP contribution in [0.4, 0.5) is 0 Å². The van der Waals surface area contributed by atoms with Crippen LogP contribution in [0, 0.1) is 0 Å². The third-order valence-electron chi connectivity index (χ3n) is 2.63. The van der Waals surface area contributed by atoms with Crippen molar-refractivity contribution in [3.05, 3.63) is 62.6 Å². The lowest BCUT2D eigenvalue weighted by atomic mass is 10.1. The molecule has 2 aromatic rings. The van der Waals surface area contributed by atoms with Crippen LogP contribution in [-0.2, 0) is 12.3 Å². The molecule has 2 aromatic carbocycles. The van der Waals surface area contributed by atoms with Gasteiger partial charge in [-0.25, -0.2) is 0 Å². The molecule has 0 fully saturated rings. The first-order valence-corrected chi connectivity index (χ1v) is 7.77. The zero-order valence-corrected chi connectivity index (χ0v) is 13.1. The molecular weight excluding hydrogens is 321 g/mol. The molecule has 0 radical (unpaired) electrons. The Balaban J connectivity index is 2.12. The Kier molecular flexibility index (Phi) is 5.43. The van der Waals surface area contributed by atoms with Gasteiger partial charge in [-0.2, -0.15) is 0 Å². The van der Waals surface area contributed by atoms with Crippen LogP contribution >= 0.6 is 46.6 Å². The fourth-order valence-electron chi connectivity index (χ4n) is 1.58. The summed E-state index contributed by atoms with van der Waals surface area (Å²) in [6, 6.07) is 11.3. The van der Waals surface area contributed by atoms with Crippen molar-refractivity contribution in [1.82, 2.24) is 0 Å². The number of halogens is 3. The fourth-order valence-corrected chi connectivity index (χ4v) is 3.42. The average molecular weight is 333 g/mol. The Labute approximate surface area is 132 Å². The summed E-state index contributed by atoms with van der Waals surface area (Å²) in [7, 11) is 0. The van der Waals surface area contributed by atoms with E-state index in [9.17, 15) is 0 Å². The number of nitrogens with two attached hydrogens (primary N) is 1. The minimum atomic E-state index is 0.493. The number of thioether (sulfide) groups is 1. The molecule has 0 aliphatic heterocycles. The van der Waals surface area contributed by atoms with Gasteiger partial charge in [0.2, 0.25) is 0 Å². The van der Waals surface area contributed by atoms with E-state index in [0.717, 1.165) is 26.8 Å². The molecule has 0 aliphatic carbocycles. The van der Waals surface area contributed by atoms with Gasteiger partial charge in [0.15, 0.2) is 0 Å². The summed E-state index contributed by atoms with van der Waals surface area (Å²) in [4.78, 5) is 0.952. The first-order valence-electron chi connectivity index (χ1n) is 5.65. The molecule has 5 heteroatoms. The Morgan fingerprint density at radius 3 is 2.42 bits per heavy atom. The smallest absolute Gasteiger partial charge is 0.0543 e. The van der Waals surface area contributed by atoms with Crippen LogP contribution in [0.15, 0.2) is 41.3 Å². The summed E-state index contributed by atoms with van der Waals surface area (Å²) in [5.41, 5.74) is 7.66. The van der Waals surface area contributed by atoms with E-state index in [2.05, 4.69) is 0 Å². The number of hydrogen-bond donors (Lipinski definition) is 1. The van der Waals surface area contributed by atoms with E-state index in [1.54, 1.807) is 23.9 Å². The summed E-state index contributed by atoms with van der Waals surface area (Å²) in [6.07, 6.45) is 0. The van der Waals surface area contributed by atoms with Gasteiger partial charge < -0.3 is 5.73 Å². The average Bonchev–Trinajstić information content (AvgIpc) is 2.40. The highest BCUT2D eigenvalue weighted by Crippen LogP contribution is 2.33. The van der Waals surface area contributed by atoms with Gasteiger partial charge >= 0.3 is 0 Å². The molecule has 0 saturated carbocycles. The van der Waals surface area contributed by atoms with Crippen molar-refractivity contribution in [2.45, 2.75) is 17.2 Å². The molecule has 0 amide bonds. The molecule has 0 atom stereocenters. The van der Waals surface area contributed by atoms with E-state index >= 15 is 0 Å². The van der Waals surface area contributed by atoms with Crippen LogP contribution in [0.2, 0.25) is 15.1 Å². The summed E-state index contributed by atoms with van der Waals surface area (Å²) < 4.78 is 0. The maximum absolute atomic E-state index is 6.22. The van der Waals surface area contributed by atoms with Crippen molar-refractivity contribution in [2.24, 2.45) is 5.73 Å². The molecule has 0 saturated heterocycles. The van der Waals surface area contributed by atoms with Gasteiger partial charge in [-0.3, -0.25) is 0 Å². The van der Waals surface area contributed by atoms with Crippen molar-refractivity contribution >= 4 is 46.6 Å². The van der Waals surface area contributed by atoms with Crippen molar-refractivity contribution in [1.29, 1.82) is 0 Å². The van der Waals surface area contributed by atoms with Gasteiger partial charge in [0.25, 0.3) is 0 Å². The topological polar surface area (TPSA) is 26.0 Å². The molecule has 0 aromatic heterocycles. The second kappa shape index (κ2) is 6.87. The Morgan fingerprint density at radius 1 is 0.947 bits per heavy atom. The second-order valence-electron chi connectivity index (χ2n) is 3.99. The van der Waals surface area contributed by atoms with Crippen LogP contribution < -0.4 is 5.73 Å². The van der Waals surface area contributed by atoms with Crippen LogP contribution in [0.1, 0.15) is 11.1 Å². The summed E-state index contributed by atoms with van der Waals surface area (Å²) in [6.45, 7) is 0.493. The maximum Gasteiger partial charge on any atom is 0.0543 e. The zero-order chi connectivity index (χ0) is 13.8. The van der Waals surface area contributed by atoms with Gasteiger partial charge in [-0.15, -0.1) is 11.8 Å². The molecular formula is C14H12Cl3NS. The van der Waals surface area contributed by atoms with Crippen LogP contribution in [0.25, 0.3) is 0 Å². The molecule has 19 heavy (non-hydrogen) atoms. The highest BCUT2D eigenvalue weighted by molar-refractivity contribution is 7.98. The first-order chi connectivity index (χ1) is 9.10. The van der Waals surface area contributed by atoms with E-state index in [1.807, 2.05) is 24.3 Å². The molecule has 2 rings (SSSR count). The molecule has 100 valence electrons. The second-order valence-corrected chi connectivity index (χ2v) is 6.26. The highest BCUT2D eigenvalue weighted by Gasteiger charge is 2.06. The third-order valence-corrected chi connectivity index (χ3v) is 4.76. The molecule has 0 heterocycles. The minimum Gasteiger partial charge on any atom is -0.326 e. The first kappa shape index (κ1) is 15.0. The molecule has 2 N–H and O–H groups in total. The predicted molar refractivity (Wildman–Crippen MR) is 85.4 cm³/mol. The lowest BCUT2D eigenvalue weighted by molar-refractivity contribution is 1.07. The number of benzene rings is 2. The fraction of sp³-hybridized carbons (Fsp3) is 0.143. The van der Waals surface area contributed by atoms with Gasteiger partial charge in [-0.1, -0.05) is 46.9 Å². The highest BCUT2D eigenvalue weighted by atomic mass is 35.5. The Morgan fingerprint density at radius 2 is 1.74 bits per heavy atom. The van der Waals surface area contributed by atoms with E-state index in [1.165, 1.54) is 0 Å². The molecule has 1 nitrogen and oxygen atoms in total. The predicted octanol–water partition coefficient (Wildman–Crippen LogP) is 5.40. The molecule has 0 spiro atoms. The summed E-state index contributed by atoms with van der Waals surface area (Å²) >= 11 is 19.9. The van der Waals surface area contributed by atoms with Crippen molar-refractivity contribution < 1.29 is 0 Å². The number of hydrogen-bond acceptors (Lipinski definition) is 2. The summed E-state index contributed by atoms with van der Waals surface area (Å²) in [5, 5.41) is 2.11. The minimum absolute atomic E-state index is 0.493. The normalized spacial score (nSPS) is 10.7. The monoisotopic (exact) mass is 331 g/mol. The Hall–Kier alpha value is -0.380. The van der Waals surface area contributed by atoms with Gasteiger partial charge in [0.05, 0.1) is 5.02 Å². The zero-order valence-electron chi connectivity index (χ0n) is 10.00. The molecule has 0 unspecified atom stereocenters. The SMILES string of the molecule is NCc1ccc(CSc2cc(Cl)ccc2Cl)c(Cl)c1. The van der Waals surface area contributed by atoms with E-state index < -0.39 is 0 Å². The van der Waals surface area contributed by atoms with Gasteiger partial charge in [0, 0.05) is 27.2 Å². The van der Waals surface area contributed by atoms with Gasteiger partial charge in [0.1, 0.15) is 0 Å². The van der Waals surface area contributed by atoms with Crippen LogP contribution in [0.5, 0.6) is 0 Å². The van der Waals surface area contributed by atoms with Crippen LogP contribution in [0.3, 0.4) is 0 Å². The lowest BCUT2D eigenvalue weighted by Gasteiger charge is -2.08. The third kappa shape index (κ3) is 4.04. The summed E-state index contributed by atoms with van der Waals surface area (Å²) in [5.74, 6) is 0.740.